The number of primary amides is 1. The molecule has 0 saturated heterocycles. The largest absolute Gasteiger partial charge is 0.497 e. The van der Waals surface area contributed by atoms with Gasteiger partial charge < -0.3 is 21.1 Å². The molecule has 0 saturated carbocycles. The molecule has 0 unspecified atom stereocenters. The number of nitrogens with two attached hydrogens (primary N) is 1. The summed E-state index contributed by atoms with van der Waals surface area (Å²) in [4.78, 5) is 22.7. The Bertz CT molecular complexity index is 651. The summed E-state index contributed by atoms with van der Waals surface area (Å²) in [6, 6.07) is 13.3. The molecule has 114 valence electrons. The van der Waals surface area contributed by atoms with E-state index in [0.717, 1.165) is 5.56 Å². The van der Waals surface area contributed by atoms with Crippen LogP contribution in [0.5, 0.6) is 5.75 Å². The van der Waals surface area contributed by atoms with Crippen molar-refractivity contribution in [2.45, 2.75) is 6.54 Å². The molecule has 0 atom stereocenters. The number of nitrogens with one attached hydrogen (secondary N) is 2. The molecule has 0 aliphatic carbocycles. The highest BCUT2D eigenvalue weighted by atomic mass is 16.5. The van der Waals surface area contributed by atoms with Crippen LogP contribution in [0.4, 0.5) is 10.5 Å². The SMILES string of the molecule is COc1ccc(C(=O)NCc2ccc(NC(N)=O)cc2)cc1. The van der Waals surface area contributed by atoms with Gasteiger partial charge in [0.1, 0.15) is 5.75 Å². The quantitative estimate of drug-likeness (QED) is 0.789. The van der Waals surface area contributed by atoms with Gasteiger partial charge in [-0.1, -0.05) is 12.1 Å². The van der Waals surface area contributed by atoms with Gasteiger partial charge in [-0.25, -0.2) is 4.79 Å². The Morgan fingerprint density at radius 3 is 2.23 bits per heavy atom. The van der Waals surface area contributed by atoms with Gasteiger partial charge in [-0.2, -0.15) is 0 Å². The Hall–Kier alpha value is -3.02. The summed E-state index contributed by atoms with van der Waals surface area (Å²) in [6.07, 6.45) is 0. The topological polar surface area (TPSA) is 93.4 Å². The summed E-state index contributed by atoms with van der Waals surface area (Å²) < 4.78 is 5.05. The molecule has 22 heavy (non-hydrogen) atoms. The van der Waals surface area contributed by atoms with Gasteiger partial charge in [0, 0.05) is 17.8 Å². The summed E-state index contributed by atoms with van der Waals surface area (Å²) in [5.41, 5.74) is 7.12. The lowest BCUT2D eigenvalue weighted by Gasteiger charge is -2.07. The minimum Gasteiger partial charge on any atom is -0.497 e. The van der Waals surface area contributed by atoms with Crippen LogP contribution in [0.1, 0.15) is 15.9 Å². The molecule has 0 spiro atoms. The highest BCUT2D eigenvalue weighted by molar-refractivity contribution is 5.94. The number of methoxy groups -OCH3 is 1. The van der Waals surface area contributed by atoms with Crippen molar-refractivity contribution in [2.75, 3.05) is 12.4 Å². The normalized spacial score (nSPS) is 9.86. The molecule has 6 heteroatoms. The lowest BCUT2D eigenvalue weighted by atomic mass is 10.1. The zero-order chi connectivity index (χ0) is 15.9. The summed E-state index contributed by atoms with van der Waals surface area (Å²) in [7, 11) is 1.58. The number of benzene rings is 2. The summed E-state index contributed by atoms with van der Waals surface area (Å²) in [5, 5.41) is 5.29. The van der Waals surface area contributed by atoms with Crippen molar-refractivity contribution in [1.29, 1.82) is 0 Å². The Balaban J connectivity index is 1.91. The number of amides is 3. The minimum absolute atomic E-state index is 0.165. The summed E-state index contributed by atoms with van der Waals surface area (Å²) >= 11 is 0. The van der Waals surface area contributed by atoms with Gasteiger partial charge >= 0.3 is 6.03 Å². The molecule has 2 rings (SSSR count). The van der Waals surface area contributed by atoms with E-state index in [1.807, 2.05) is 0 Å². The zero-order valence-electron chi connectivity index (χ0n) is 12.1. The highest BCUT2D eigenvalue weighted by Gasteiger charge is 2.05. The van der Waals surface area contributed by atoms with Crippen LogP contribution < -0.4 is 21.1 Å². The van der Waals surface area contributed by atoms with E-state index >= 15 is 0 Å². The fraction of sp³-hybridized carbons (Fsp3) is 0.125. The van der Waals surface area contributed by atoms with Crippen LogP contribution in [-0.4, -0.2) is 19.0 Å². The Morgan fingerprint density at radius 1 is 1.05 bits per heavy atom. The van der Waals surface area contributed by atoms with Crippen molar-refractivity contribution in [3.05, 3.63) is 59.7 Å². The lowest BCUT2D eigenvalue weighted by Crippen LogP contribution is -2.22. The molecular weight excluding hydrogens is 282 g/mol. The molecule has 0 aliphatic rings. The van der Waals surface area contributed by atoms with Crippen LogP contribution in [0.25, 0.3) is 0 Å². The Labute approximate surface area is 128 Å². The third-order valence-electron chi connectivity index (χ3n) is 3.03. The fourth-order valence-corrected chi connectivity index (χ4v) is 1.87. The molecule has 0 fully saturated rings. The fourth-order valence-electron chi connectivity index (χ4n) is 1.87. The van der Waals surface area contributed by atoms with Crippen molar-refractivity contribution < 1.29 is 14.3 Å². The number of rotatable bonds is 5. The van der Waals surface area contributed by atoms with Crippen LogP contribution >= 0.6 is 0 Å². The standard InChI is InChI=1S/C16H17N3O3/c1-22-14-8-4-12(5-9-14)15(20)18-10-11-2-6-13(7-3-11)19-16(17)21/h2-9H,10H2,1H3,(H,18,20)(H3,17,19,21). The van der Waals surface area contributed by atoms with Crippen molar-refractivity contribution in [2.24, 2.45) is 5.73 Å². The molecule has 0 aromatic heterocycles. The maximum Gasteiger partial charge on any atom is 0.316 e. The Morgan fingerprint density at radius 2 is 1.68 bits per heavy atom. The average Bonchev–Trinajstić information content (AvgIpc) is 2.53. The van der Waals surface area contributed by atoms with Gasteiger partial charge in [0.05, 0.1) is 7.11 Å². The van der Waals surface area contributed by atoms with E-state index in [1.165, 1.54) is 0 Å². The third kappa shape index (κ3) is 4.24. The molecular formula is C16H17N3O3. The first kappa shape index (κ1) is 15.4. The van der Waals surface area contributed by atoms with E-state index in [-0.39, 0.29) is 5.91 Å². The number of urea groups is 1. The van der Waals surface area contributed by atoms with Gasteiger partial charge in [-0.05, 0) is 42.0 Å². The van der Waals surface area contributed by atoms with Gasteiger partial charge in [0.2, 0.25) is 0 Å². The number of carbonyl (C=O) groups excluding carboxylic acids is 2. The van der Waals surface area contributed by atoms with Gasteiger partial charge in [-0.3, -0.25) is 4.79 Å². The first-order valence-corrected chi connectivity index (χ1v) is 6.66. The Kier molecular flexibility index (Phi) is 4.98. The summed E-state index contributed by atoms with van der Waals surface area (Å²) in [6.45, 7) is 0.391. The third-order valence-corrected chi connectivity index (χ3v) is 3.03. The predicted octanol–water partition coefficient (Wildman–Crippen LogP) is 2.12. The maximum atomic E-state index is 12.0. The number of carbonyl (C=O) groups is 2. The number of anilines is 1. The molecule has 2 aromatic carbocycles. The molecule has 0 aliphatic heterocycles. The van der Waals surface area contributed by atoms with Crippen molar-refractivity contribution in [1.82, 2.24) is 5.32 Å². The second kappa shape index (κ2) is 7.12. The van der Waals surface area contributed by atoms with Crippen LogP contribution in [-0.2, 0) is 6.54 Å². The first-order valence-electron chi connectivity index (χ1n) is 6.66. The van der Waals surface area contributed by atoms with Crippen LogP contribution in [0.2, 0.25) is 0 Å². The van der Waals surface area contributed by atoms with E-state index in [9.17, 15) is 9.59 Å². The smallest absolute Gasteiger partial charge is 0.316 e. The molecule has 3 amide bonds. The lowest BCUT2D eigenvalue weighted by molar-refractivity contribution is 0.0951. The van der Waals surface area contributed by atoms with Crippen LogP contribution in [0.15, 0.2) is 48.5 Å². The van der Waals surface area contributed by atoms with Crippen LogP contribution in [0, 0.1) is 0 Å². The molecule has 0 heterocycles. The second-order valence-electron chi connectivity index (χ2n) is 4.60. The molecule has 2 aromatic rings. The van der Waals surface area contributed by atoms with E-state index in [2.05, 4.69) is 10.6 Å². The zero-order valence-corrected chi connectivity index (χ0v) is 12.1. The minimum atomic E-state index is -0.611. The van der Waals surface area contributed by atoms with E-state index in [0.29, 0.717) is 23.5 Å². The van der Waals surface area contributed by atoms with Gasteiger partial charge in [-0.15, -0.1) is 0 Å². The monoisotopic (exact) mass is 299 g/mol. The molecule has 6 nitrogen and oxygen atoms in total. The second-order valence-corrected chi connectivity index (χ2v) is 4.60. The van der Waals surface area contributed by atoms with E-state index in [4.69, 9.17) is 10.5 Å². The average molecular weight is 299 g/mol. The molecule has 4 N–H and O–H groups in total. The maximum absolute atomic E-state index is 12.0. The van der Waals surface area contributed by atoms with Crippen LogP contribution in [0.3, 0.4) is 0 Å². The van der Waals surface area contributed by atoms with E-state index in [1.54, 1.807) is 55.6 Å². The first-order chi connectivity index (χ1) is 10.6. The summed E-state index contributed by atoms with van der Waals surface area (Å²) in [5.74, 6) is 0.538. The van der Waals surface area contributed by atoms with Gasteiger partial charge in [0.15, 0.2) is 0 Å². The molecule has 0 bridgehead atoms. The molecule has 0 radical (unpaired) electrons. The number of ether oxygens (including phenoxy) is 1. The van der Waals surface area contributed by atoms with Gasteiger partial charge in [0.25, 0.3) is 5.91 Å². The van der Waals surface area contributed by atoms with Crippen molar-refractivity contribution in [3.8, 4) is 5.75 Å². The highest BCUT2D eigenvalue weighted by Crippen LogP contribution is 2.12. The number of hydrogen-bond acceptors (Lipinski definition) is 3. The van der Waals surface area contributed by atoms with Crippen molar-refractivity contribution >= 4 is 17.6 Å². The number of hydrogen-bond donors (Lipinski definition) is 3. The van der Waals surface area contributed by atoms with Crippen molar-refractivity contribution in [3.63, 3.8) is 0 Å². The van der Waals surface area contributed by atoms with E-state index < -0.39 is 6.03 Å². The predicted molar refractivity (Wildman–Crippen MR) is 83.8 cm³/mol.